The highest BCUT2D eigenvalue weighted by molar-refractivity contribution is 5.46. The molecule has 0 radical (unpaired) electrons. The zero-order valence-corrected chi connectivity index (χ0v) is 49.6. The third kappa shape index (κ3) is 16.3. The van der Waals surface area contributed by atoms with Crippen LogP contribution in [0.25, 0.3) is 0 Å². The van der Waals surface area contributed by atoms with E-state index >= 15 is 0 Å². The number of hydrogen-bond acceptors (Lipinski definition) is 17. The summed E-state index contributed by atoms with van der Waals surface area (Å²) in [4.78, 5) is 35.3. The smallest absolute Gasteiger partial charge is 0.232 e. The molecule has 2 aromatic heterocycles. The van der Waals surface area contributed by atoms with Gasteiger partial charge in [0.1, 0.15) is 0 Å². The SMILES string of the molecule is CC(Nc1nc(NCCN2CCN(c3nc(NC(C)C4CC(C)(C)NC(C)(C)C4)nc(NC(C)C4CC(C)(C)NC(C)(C)C4)n3)CC2)nc(NC(C)C2CC(C)(C)NC(C)(C)C2)n1)C1CC(C)(C)NC(C)(C)C1. The molecule has 0 aromatic carbocycles. The molecule has 2 aromatic rings. The van der Waals surface area contributed by atoms with Gasteiger partial charge >= 0.3 is 0 Å². The Morgan fingerprint density at radius 3 is 0.904 bits per heavy atom. The molecule has 414 valence electrons. The number of rotatable bonds is 17. The van der Waals surface area contributed by atoms with Gasteiger partial charge in [0.15, 0.2) is 0 Å². The van der Waals surface area contributed by atoms with Crippen LogP contribution < -0.4 is 52.8 Å². The Balaban J connectivity index is 1.03. The molecule has 5 aliphatic heterocycles. The van der Waals surface area contributed by atoms with Gasteiger partial charge in [-0.05, 0) is 214 Å². The van der Waals surface area contributed by atoms with Crippen LogP contribution in [0.1, 0.15) is 190 Å². The average Bonchev–Trinajstić information content (AvgIpc) is 3.19. The van der Waals surface area contributed by atoms with E-state index in [4.69, 9.17) is 29.9 Å². The van der Waals surface area contributed by atoms with Crippen LogP contribution in [0.2, 0.25) is 0 Å². The van der Waals surface area contributed by atoms with E-state index in [1.165, 1.54) is 0 Å². The molecule has 7 rings (SSSR count). The van der Waals surface area contributed by atoms with Gasteiger partial charge in [-0.2, -0.15) is 29.9 Å². The fraction of sp³-hybridized carbons (Fsp3) is 0.893. The van der Waals surface area contributed by atoms with Gasteiger partial charge in [0.2, 0.25) is 35.7 Å². The Morgan fingerprint density at radius 2 is 0.630 bits per heavy atom. The second-order valence-corrected chi connectivity index (χ2v) is 29.3. The number of anilines is 6. The van der Waals surface area contributed by atoms with Crippen molar-refractivity contribution < 1.29 is 0 Å². The molecule has 5 fully saturated rings. The van der Waals surface area contributed by atoms with Crippen LogP contribution in [0.3, 0.4) is 0 Å². The lowest BCUT2D eigenvalue weighted by molar-refractivity contribution is 0.119. The number of aromatic nitrogens is 6. The van der Waals surface area contributed by atoms with Gasteiger partial charge in [0.25, 0.3) is 0 Å². The van der Waals surface area contributed by atoms with Crippen molar-refractivity contribution in [3.63, 3.8) is 0 Å². The van der Waals surface area contributed by atoms with Gasteiger partial charge in [-0.15, -0.1) is 0 Å². The van der Waals surface area contributed by atoms with Gasteiger partial charge in [-0.1, -0.05) is 0 Å². The Bertz CT molecular complexity index is 1960. The maximum Gasteiger partial charge on any atom is 0.232 e. The first kappa shape index (κ1) is 57.3. The van der Waals surface area contributed by atoms with Crippen LogP contribution in [0.4, 0.5) is 35.7 Å². The van der Waals surface area contributed by atoms with Crippen LogP contribution >= 0.6 is 0 Å². The van der Waals surface area contributed by atoms with Crippen LogP contribution in [0.15, 0.2) is 0 Å². The van der Waals surface area contributed by atoms with Crippen molar-refractivity contribution in [3.05, 3.63) is 0 Å². The van der Waals surface area contributed by atoms with Crippen LogP contribution in [-0.4, -0.2) is 143 Å². The van der Waals surface area contributed by atoms with Crippen molar-refractivity contribution in [2.75, 3.05) is 70.8 Å². The van der Waals surface area contributed by atoms with E-state index in [1.807, 2.05) is 0 Å². The van der Waals surface area contributed by atoms with E-state index in [1.54, 1.807) is 0 Å². The monoisotopic (exact) mass is 1020 g/mol. The summed E-state index contributed by atoms with van der Waals surface area (Å²) in [6.45, 7) is 51.3. The second kappa shape index (κ2) is 21.2. The summed E-state index contributed by atoms with van der Waals surface area (Å²) in [5, 5.41) is 34.2. The molecule has 0 saturated carbocycles. The molecule has 0 bridgehead atoms. The highest BCUT2D eigenvalue weighted by atomic mass is 15.4. The summed E-state index contributed by atoms with van der Waals surface area (Å²) < 4.78 is 0. The van der Waals surface area contributed by atoms with Crippen LogP contribution in [-0.2, 0) is 0 Å². The van der Waals surface area contributed by atoms with Gasteiger partial charge in [0, 0.05) is 108 Å². The van der Waals surface area contributed by atoms with Gasteiger partial charge in [-0.3, -0.25) is 4.90 Å². The molecule has 17 nitrogen and oxygen atoms in total. The number of hydrogen-bond donors (Lipinski definition) is 9. The predicted octanol–water partition coefficient (Wildman–Crippen LogP) is 8.72. The third-order valence-electron chi connectivity index (χ3n) is 16.8. The van der Waals surface area contributed by atoms with Crippen molar-refractivity contribution in [3.8, 4) is 0 Å². The highest BCUT2D eigenvalue weighted by Gasteiger charge is 2.44. The first-order valence-corrected chi connectivity index (χ1v) is 28.5. The number of nitrogens with zero attached hydrogens (tertiary/aromatic N) is 8. The number of piperidine rings is 4. The normalized spacial score (nSPS) is 26.8. The molecule has 4 atom stereocenters. The Hall–Kier alpha value is -3.38. The van der Waals surface area contributed by atoms with E-state index in [9.17, 15) is 0 Å². The fourth-order valence-electron chi connectivity index (χ4n) is 15.0. The zero-order chi connectivity index (χ0) is 53.7. The molecule has 4 unspecified atom stereocenters. The summed E-state index contributed by atoms with van der Waals surface area (Å²) in [6.07, 6.45) is 8.61. The minimum Gasteiger partial charge on any atom is -0.353 e. The maximum atomic E-state index is 5.16. The van der Waals surface area contributed by atoms with E-state index in [0.29, 0.717) is 60.0 Å². The molecule has 9 N–H and O–H groups in total. The Labute approximate surface area is 442 Å². The Kier molecular flexibility index (Phi) is 16.7. The number of nitrogens with one attached hydrogen (secondary N) is 9. The molecule has 73 heavy (non-hydrogen) atoms. The predicted molar refractivity (Wildman–Crippen MR) is 305 cm³/mol. The molecule has 5 aliphatic rings. The molecular weight excluding hydrogens is 911 g/mol. The van der Waals surface area contributed by atoms with E-state index in [0.717, 1.165) is 90.0 Å². The maximum absolute atomic E-state index is 5.16. The summed E-state index contributed by atoms with van der Waals surface area (Å²) in [5.74, 6) is 5.70. The third-order valence-corrected chi connectivity index (χ3v) is 16.8. The van der Waals surface area contributed by atoms with Crippen molar-refractivity contribution in [1.82, 2.24) is 56.1 Å². The largest absolute Gasteiger partial charge is 0.353 e. The molecule has 17 heteroatoms. The van der Waals surface area contributed by atoms with Crippen molar-refractivity contribution in [2.45, 2.75) is 258 Å². The molecule has 7 heterocycles. The van der Waals surface area contributed by atoms with Crippen molar-refractivity contribution in [1.29, 1.82) is 0 Å². The molecular formula is C56H105N17. The van der Waals surface area contributed by atoms with E-state index in [2.05, 4.69) is 196 Å². The van der Waals surface area contributed by atoms with E-state index < -0.39 is 0 Å². The van der Waals surface area contributed by atoms with Gasteiger partial charge in [-0.25, -0.2) is 0 Å². The second-order valence-electron chi connectivity index (χ2n) is 29.3. The first-order chi connectivity index (χ1) is 33.5. The summed E-state index contributed by atoms with van der Waals surface area (Å²) in [5.41, 5.74) is 0.385. The molecule has 0 spiro atoms. The number of piperazine rings is 1. The Morgan fingerprint density at radius 1 is 0.384 bits per heavy atom. The summed E-state index contributed by atoms with van der Waals surface area (Å²) in [7, 11) is 0. The lowest BCUT2D eigenvalue weighted by Crippen LogP contribution is -2.59. The lowest BCUT2D eigenvalue weighted by Gasteiger charge is -2.48. The fourth-order valence-corrected chi connectivity index (χ4v) is 15.0. The topological polar surface area (TPSA) is 192 Å². The minimum absolute atomic E-state index is 0.0471. The van der Waals surface area contributed by atoms with Gasteiger partial charge < -0.3 is 52.8 Å². The molecule has 0 amide bonds. The van der Waals surface area contributed by atoms with E-state index in [-0.39, 0.29) is 68.5 Å². The lowest BCUT2D eigenvalue weighted by atomic mass is 9.73. The molecule has 5 saturated heterocycles. The van der Waals surface area contributed by atoms with Crippen LogP contribution in [0.5, 0.6) is 0 Å². The zero-order valence-electron chi connectivity index (χ0n) is 49.6. The standard InChI is InChI=1S/C56H105N17/c1-35(39-27-49(5,6)68-50(7,8)28-39)58-44-62-43(63-45(64-44)59-36(2)40-29-51(9,10)69-52(11,12)30-40)57-21-22-72-23-25-73(26-24-72)48-66-46(60-37(3)41-31-53(13,14)70-54(15,16)32-41)65-47(67-48)61-38(4)42-33-55(17,18)71-56(19,20)34-42/h35-42,68-71H,21-34H2,1-20H3,(H2,60,61,65,66,67)(H3,57,58,59,62,63,64). The van der Waals surface area contributed by atoms with Crippen molar-refractivity contribution in [2.24, 2.45) is 23.7 Å². The van der Waals surface area contributed by atoms with Crippen molar-refractivity contribution >= 4 is 35.7 Å². The molecule has 0 aliphatic carbocycles. The minimum atomic E-state index is 0.0471. The highest BCUT2D eigenvalue weighted by Crippen LogP contribution is 2.39. The van der Waals surface area contributed by atoms with Crippen LogP contribution in [0, 0.1) is 23.7 Å². The summed E-state index contributed by atoms with van der Waals surface area (Å²) >= 11 is 0. The first-order valence-electron chi connectivity index (χ1n) is 28.5. The summed E-state index contributed by atoms with van der Waals surface area (Å²) in [6, 6.07) is 0.744. The quantitative estimate of drug-likeness (QED) is 0.0730. The van der Waals surface area contributed by atoms with Gasteiger partial charge in [0.05, 0.1) is 0 Å². The average molecular weight is 1020 g/mol.